The van der Waals surface area contributed by atoms with Crippen LogP contribution in [0.4, 0.5) is 18.9 Å². The molecule has 0 unspecified atom stereocenters. The number of nitrogens with zero attached hydrogens (tertiary/aromatic N) is 6. The Labute approximate surface area is 248 Å². The molecule has 16 heteroatoms. The van der Waals surface area contributed by atoms with Crippen molar-refractivity contribution in [3.05, 3.63) is 85.2 Å². The van der Waals surface area contributed by atoms with Crippen molar-refractivity contribution in [3.8, 4) is 0 Å². The Bertz CT molecular complexity index is 1790. The van der Waals surface area contributed by atoms with Crippen LogP contribution in [-0.2, 0) is 34.5 Å². The van der Waals surface area contributed by atoms with Gasteiger partial charge >= 0.3 is 6.18 Å². The number of rotatable bonds is 4. The topological polar surface area (TPSA) is 124 Å². The summed E-state index contributed by atoms with van der Waals surface area (Å²) in [5, 5.41) is 6.39. The maximum atomic E-state index is 13.7. The lowest BCUT2D eigenvalue weighted by Crippen LogP contribution is -2.47. The maximum absolute atomic E-state index is 13.7. The van der Waals surface area contributed by atoms with Crippen LogP contribution in [0.1, 0.15) is 40.2 Å². The van der Waals surface area contributed by atoms with Gasteiger partial charge in [0.15, 0.2) is 0 Å². The number of pyridine rings is 1. The van der Waals surface area contributed by atoms with Crippen LogP contribution >= 0.6 is 27.5 Å². The number of nitrogens with one attached hydrogen (secondary N) is 1. The fraction of sp³-hybridized carbons (Fsp3) is 0.308. The fourth-order valence-electron chi connectivity index (χ4n) is 5.37. The van der Waals surface area contributed by atoms with Crippen LogP contribution in [0.2, 0.25) is 5.02 Å². The van der Waals surface area contributed by atoms with Gasteiger partial charge in [0.1, 0.15) is 17.8 Å². The van der Waals surface area contributed by atoms with E-state index in [-0.39, 0.29) is 40.3 Å². The molecule has 1 aromatic carbocycles. The number of hydrogen-bond acceptors (Lipinski definition) is 7. The zero-order valence-electron chi connectivity index (χ0n) is 21.5. The molecule has 2 aliphatic rings. The van der Waals surface area contributed by atoms with Crippen molar-refractivity contribution >= 4 is 50.8 Å². The average Bonchev–Trinajstić information content (AvgIpc) is 3.53. The standard InChI is InChI=1S/C26H20BrClF3N7O4/c27-23-34-24-37(12-19(39)33-16-5-4-14(11-15(16)28)26(29,30)31)18-13-42-25(20(18)22(41)38(24)35-23)6-9-36(10-7-25)21(40)17-3-1-2-8-32-17/h1-5,8,11H,6-7,9-10,12-13H2,(H,33,39). The van der Waals surface area contributed by atoms with Gasteiger partial charge in [0.05, 0.1) is 34.1 Å². The Kier molecular flexibility index (Phi) is 7.06. The molecule has 1 spiro atoms. The molecule has 1 saturated heterocycles. The molecule has 3 aromatic heterocycles. The maximum Gasteiger partial charge on any atom is 0.416 e. The predicted molar refractivity (Wildman–Crippen MR) is 146 cm³/mol. The van der Waals surface area contributed by atoms with Gasteiger partial charge in [-0.25, -0.2) is 0 Å². The number of likely N-dealkylation sites (tertiary alicyclic amines) is 1. The average molecular weight is 667 g/mol. The smallest absolute Gasteiger partial charge is 0.364 e. The number of alkyl halides is 3. The van der Waals surface area contributed by atoms with E-state index in [4.69, 9.17) is 16.3 Å². The van der Waals surface area contributed by atoms with E-state index in [1.807, 2.05) is 0 Å². The quantitative estimate of drug-likeness (QED) is 0.349. The zero-order valence-corrected chi connectivity index (χ0v) is 23.8. The van der Waals surface area contributed by atoms with E-state index in [2.05, 4.69) is 36.3 Å². The molecule has 0 atom stereocenters. The van der Waals surface area contributed by atoms with Crippen LogP contribution in [0.5, 0.6) is 0 Å². The monoisotopic (exact) mass is 665 g/mol. The number of fused-ring (bicyclic) bond motifs is 3. The molecule has 2 aliphatic heterocycles. The highest BCUT2D eigenvalue weighted by molar-refractivity contribution is 9.10. The number of carbonyl (C=O) groups is 2. The van der Waals surface area contributed by atoms with Crippen molar-refractivity contribution in [2.45, 2.75) is 37.8 Å². The number of anilines is 1. The number of halogens is 5. The number of hydrogen-bond donors (Lipinski definition) is 1. The van der Waals surface area contributed by atoms with E-state index < -0.39 is 28.8 Å². The second kappa shape index (κ2) is 10.5. The second-order valence-corrected chi connectivity index (χ2v) is 11.0. The van der Waals surface area contributed by atoms with Crippen molar-refractivity contribution in [2.24, 2.45) is 0 Å². The zero-order chi connectivity index (χ0) is 29.8. The molecule has 0 radical (unpaired) electrons. The highest BCUT2D eigenvalue weighted by atomic mass is 79.9. The normalized spacial score (nSPS) is 16.2. The van der Waals surface area contributed by atoms with Crippen LogP contribution in [0.25, 0.3) is 5.78 Å². The summed E-state index contributed by atoms with van der Waals surface area (Å²) in [6, 6.07) is 7.69. The minimum Gasteiger partial charge on any atom is -0.364 e. The van der Waals surface area contributed by atoms with Crippen molar-refractivity contribution in [1.82, 2.24) is 29.0 Å². The summed E-state index contributed by atoms with van der Waals surface area (Å²) in [6.07, 6.45) is -2.40. The first kappa shape index (κ1) is 28.3. The van der Waals surface area contributed by atoms with Gasteiger partial charge in [0, 0.05) is 19.3 Å². The number of benzene rings is 1. The summed E-state index contributed by atoms with van der Waals surface area (Å²) < 4.78 is 48.0. The van der Waals surface area contributed by atoms with Gasteiger partial charge in [-0.2, -0.15) is 22.7 Å². The molecule has 0 bridgehead atoms. The molecule has 0 aliphatic carbocycles. The summed E-state index contributed by atoms with van der Waals surface area (Å²) in [5.41, 5.74) is -1.38. The van der Waals surface area contributed by atoms with Crippen LogP contribution in [0, 0.1) is 0 Å². The van der Waals surface area contributed by atoms with Gasteiger partial charge < -0.3 is 19.5 Å². The largest absolute Gasteiger partial charge is 0.416 e. The van der Waals surface area contributed by atoms with E-state index in [9.17, 15) is 27.6 Å². The first-order valence-corrected chi connectivity index (χ1v) is 13.8. The van der Waals surface area contributed by atoms with E-state index in [1.54, 1.807) is 29.3 Å². The third-order valence-electron chi connectivity index (χ3n) is 7.38. The molecule has 1 fully saturated rings. The number of aromatic nitrogens is 5. The van der Waals surface area contributed by atoms with Crippen molar-refractivity contribution < 1.29 is 27.5 Å². The molecular weight excluding hydrogens is 647 g/mol. The van der Waals surface area contributed by atoms with Crippen LogP contribution in [-0.4, -0.2) is 54.0 Å². The van der Waals surface area contributed by atoms with E-state index in [1.165, 1.54) is 4.57 Å². The first-order chi connectivity index (χ1) is 20.0. The van der Waals surface area contributed by atoms with Gasteiger partial charge in [0.2, 0.25) is 16.4 Å². The highest BCUT2D eigenvalue weighted by Crippen LogP contribution is 2.43. The highest BCUT2D eigenvalue weighted by Gasteiger charge is 2.48. The lowest BCUT2D eigenvalue weighted by atomic mass is 9.85. The Morgan fingerprint density at radius 1 is 1.17 bits per heavy atom. The SMILES string of the molecule is O=C(Cn1c2c(c(=O)n3nc(Br)nc13)C1(CCN(C(=O)c3ccccn3)CC1)OC2)Nc1ccc(C(F)(F)F)cc1Cl. The lowest BCUT2D eigenvalue weighted by Gasteiger charge is -2.38. The molecule has 1 N–H and O–H groups in total. The number of carbonyl (C=O) groups excluding carboxylic acids is 2. The Morgan fingerprint density at radius 3 is 2.60 bits per heavy atom. The van der Waals surface area contributed by atoms with Gasteiger partial charge in [-0.05, 0) is 59.1 Å². The second-order valence-electron chi connectivity index (χ2n) is 9.84. The van der Waals surface area contributed by atoms with E-state index in [0.29, 0.717) is 42.9 Å². The number of ether oxygens (including phenoxy) is 1. The third-order valence-corrected chi connectivity index (χ3v) is 8.03. The first-order valence-electron chi connectivity index (χ1n) is 12.7. The van der Waals surface area contributed by atoms with Gasteiger partial charge in [-0.1, -0.05) is 17.7 Å². The molecule has 0 saturated carbocycles. The van der Waals surface area contributed by atoms with Crippen molar-refractivity contribution in [1.29, 1.82) is 0 Å². The number of piperidine rings is 1. The van der Waals surface area contributed by atoms with Crippen molar-refractivity contribution in [2.75, 3.05) is 18.4 Å². The fourth-order valence-corrected chi connectivity index (χ4v) is 5.92. The Morgan fingerprint density at radius 2 is 1.93 bits per heavy atom. The van der Waals surface area contributed by atoms with Gasteiger partial charge in [-0.15, -0.1) is 5.10 Å². The molecule has 5 heterocycles. The Hall–Kier alpha value is -3.82. The molecule has 2 amide bonds. The molecule has 6 rings (SSSR count). The molecule has 42 heavy (non-hydrogen) atoms. The van der Waals surface area contributed by atoms with Crippen LogP contribution in [0.3, 0.4) is 0 Å². The molecule has 4 aromatic rings. The van der Waals surface area contributed by atoms with Crippen LogP contribution < -0.4 is 10.9 Å². The molecule has 218 valence electrons. The van der Waals surface area contributed by atoms with Crippen LogP contribution in [0.15, 0.2) is 52.1 Å². The van der Waals surface area contributed by atoms with Gasteiger partial charge in [-0.3, -0.25) is 19.4 Å². The van der Waals surface area contributed by atoms with E-state index >= 15 is 0 Å². The summed E-state index contributed by atoms with van der Waals surface area (Å²) in [7, 11) is 0. The summed E-state index contributed by atoms with van der Waals surface area (Å²) in [6.45, 7) is 0.243. The minimum atomic E-state index is -4.59. The minimum absolute atomic E-state index is 0.00590. The summed E-state index contributed by atoms with van der Waals surface area (Å²) in [4.78, 5) is 49.8. The predicted octanol–water partition coefficient (Wildman–Crippen LogP) is 4.02. The molecule has 11 nitrogen and oxygen atoms in total. The molecular formula is C26H20BrClF3N7O4. The third kappa shape index (κ3) is 4.94. The lowest BCUT2D eigenvalue weighted by molar-refractivity contribution is -0.137. The summed E-state index contributed by atoms with van der Waals surface area (Å²) >= 11 is 9.20. The van der Waals surface area contributed by atoms with Gasteiger partial charge in [0.25, 0.3) is 11.5 Å². The van der Waals surface area contributed by atoms with E-state index in [0.717, 1.165) is 22.7 Å². The Balaban J connectivity index is 1.30. The van der Waals surface area contributed by atoms with Crippen molar-refractivity contribution in [3.63, 3.8) is 0 Å². The number of amides is 2. The summed E-state index contributed by atoms with van der Waals surface area (Å²) in [5.74, 6) is -0.779.